The third kappa shape index (κ3) is 5.85. The lowest BCUT2D eigenvalue weighted by Crippen LogP contribution is -2.52. The van der Waals surface area contributed by atoms with Gasteiger partial charge in [-0.1, -0.05) is 70.9 Å². The van der Waals surface area contributed by atoms with Crippen molar-refractivity contribution in [3.8, 4) is 0 Å². The second-order valence-corrected chi connectivity index (χ2v) is 10.5. The van der Waals surface area contributed by atoms with E-state index >= 15 is 0 Å². The summed E-state index contributed by atoms with van der Waals surface area (Å²) in [5, 5.41) is 3.18. The zero-order valence-electron chi connectivity index (χ0n) is 21.2. The van der Waals surface area contributed by atoms with E-state index < -0.39 is 0 Å². The van der Waals surface area contributed by atoms with Gasteiger partial charge in [-0.05, 0) is 67.3 Å². The minimum Gasteiger partial charge on any atom is -0.335 e. The normalized spacial score (nSPS) is 18.8. The van der Waals surface area contributed by atoms with Crippen LogP contribution < -0.4 is 5.32 Å². The molecule has 0 radical (unpaired) electrons. The summed E-state index contributed by atoms with van der Waals surface area (Å²) in [4.78, 5) is 29.2. The molecule has 1 aliphatic rings. The number of rotatable bonds is 6. The Morgan fingerprint density at radius 2 is 1.73 bits per heavy atom. The molecule has 33 heavy (non-hydrogen) atoms. The van der Waals surface area contributed by atoms with Crippen LogP contribution in [0.15, 0.2) is 42.5 Å². The van der Waals surface area contributed by atoms with Crippen LogP contribution in [0.25, 0.3) is 0 Å². The molecule has 1 N–H and O–H groups in total. The Balaban J connectivity index is 1.86. The molecule has 0 aromatic heterocycles. The van der Waals surface area contributed by atoms with Gasteiger partial charge in [-0.3, -0.25) is 9.59 Å². The highest BCUT2D eigenvalue weighted by atomic mass is 16.2. The molecule has 2 atom stereocenters. The highest BCUT2D eigenvalue weighted by molar-refractivity contribution is 5.98. The molecule has 1 fully saturated rings. The fourth-order valence-electron chi connectivity index (χ4n) is 4.98. The van der Waals surface area contributed by atoms with Gasteiger partial charge in [0, 0.05) is 23.8 Å². The number of carbonyl (C=O) groups excluding carboxylic acids is 2. The summed E-state index contributed by atoms with van der Waals surface area (Å²) in [5.41, 5.74) is 4.83. The first-order valence-electron chi connectivity index (χ1n) is 12.4. The van der Waals surface area contributed by atoms with Crippen molar-refractivity contribution in [1.82, 2.24) is 4.90 Å². The molecule has 0 saturated carbocycles. The summed E-state index contributed by atoms with van der Waals surface area (Å²) in [6, 6.07) is 14.0. The number of benzene rings is 2. The Hall–Kier alpha value is -2.62. The lowest BCUT2D eigenvalue weighted by Gasteiger charge is -2.41. The van der Waals surface area contributed by atoms with Gasteiger partial charge >= 0.3 is 0 Å². The van der Waals surface area contributed by atoms with Gasteiger partial charge in [0.05, 0.1) is 5.92 Å². The van der Waals surface area contributed by atoms with Gasteiger partial charge < -0.3 is 10.2 Å². The zero-order valence-corrected chi connectivity index (χ0v) is 21.2. The number of hydrogen-bond donors (Lipinski definition) is 1. The van der Waals surface area contributed by atoms with Gasteiger partial charge in [0.15, 0.2) is 0 Å². The summed E-state index contributed by atoms with van der Waals surface area (Å²) in [5.74, 6) is -0.100. The quantitative estimate of drug-likeness (QED) is 0.538. The predicted octanol–water partition coefficient (Wildman–Crippen LogP) is 6.65. The lowest BCUT2D eigenvalue weighted by atomic mass is 9.84. The van der Waals surface area contributed by atoms with E-state index in [-0.39, 0.29) is 29.2 Å². The third-order valence-corrected chi connectivity index (χ3v) is 6.92. The summed E-state index contributed by atoms with van der Waals surface area (Å²) in [6.07, 6.45) is 4.57. The molecule has 2 aromatic rings. The molecule has 4 heteroatoms. The number of unbranched alkanes of at least 4 members (excludes halogenated alkanes) is 1. The topological polar surface area (TPSA) is 49.4 Å². The average Bonchev–Trinajstić information content (AvgIpc) is 2.76. The van der Waals surface area contributed by atoms with Crippen molar-refractivity contribution in [3.63, 3.8) is 0 Å². The fraction of sp³-hybridized carbons (Fsp3) is 0.517. The minimum absolute atomic E-state index is 0.0177. The molecular weight excluding hydrogens is 408 g/mol. The minimum atomic E-state index is -0.197. The van der Waals surface area contributed by atoms with Crippen molar-refractivity contribution >= 4 is 17.5 Å². The number of likely N-dealkylation sites (tertiary alicyclic amines) is 1. The van der Waals surface area contributed by atoms with Crippen molar-refractivity contribution in [2.45, 2.75) is 85.1 Å². The maximum absolute atomic E-state index is 13.7. The highest BCUT2D eigenvalue weighted by Gasteiger charge is 2.38. The van der Waals surface area contributed by atoms with E-state index in [1.54, 1.807) is 0 Å². The standard InChI is InChI=1S/C29H40N2O2/c1-7-8-17-25-24(27(32)30-23-15-10-14-22(19-23)29(4,5)6)16-11-18-31(25)28(33)26-20(2)12-9-13-21(26)3/h9-10,12-15,19,24-25H,7-8,11,16-18H2,1-6H3,(H,30,32)/t24-,25-/m0/s1. The van der Waals surface area contributed by atoms with Gasteiger partial charge in [0.25, 0.3) is 5.91 Å². The molecule has 2 aromatic carbocycles. The second-order valence-electron chi connectivity index (χ2n) is 10.5. The molecule has 0 spiro atoms. The number of piperidine rings is 1. The van der Waals surface area contributed by atoms with E-state index in [9.17, 15) is 9.59 Å². The van der Waals surface area contributed by atoms with Gasteiger partial charge in [0.1, 0.15) is 0 Å². The molecule has 0 bridgehead atoms. The molecule has 0 unspecified atom stereocenters. The first-order chi connectivity index (χ1) is 15.6. The molecule has 3 rings (SSSR count). The van der Waals surface area contributed by atoms with Crippen LogP contribution in [0.2, 0.25) is 0 Å². The Bertz CT molecular complexity index is 969. The predicted molar refractivity (Wildman–Crippen MR) is 137 cm³/mol. The van der Waals surface area contributed by atoms with Crippen LogP contribution in [0, 0.1) is 19.8 Å². The van der Waals surface area contributed by atoms with E-state index in [1.165, 1.54) is 5.56 Å². The number of amides is 2. The van der Waals surface area contributed by atoms with Gasteiger partial charge in [-0.15, -0.1) is 0 Å². The van der Waals surface area contributed by atoms with Crippen LogP contribution in [-0.2, 0) is 10.2 Å². The van der Waals surface area contributed by atoms with E-state index in [0.717, 1.165) is 54.5 Å². The number of anilines is 1. The molecule has 1 heterocycles. The van der Waals surface area contributed by atoms with Crippen molar-refractivity contribution < 1.29 is 9.59 Å². The van der Waals surface area contributed by atoms with E-state index in [2.05, 4.69) is 45.1 Å². The van der Waals surface area contributed by atoms with Crippen LogP contribution in [0.5, 0.6) is 0 Å². The van der Waals surface area contributed by atoms with Gasteiger partial charge in [-0.25, -0.2) is 0 Å². The van der Waals surface area contributed by atoms with Crippen molar-refractivity contribution in [1.29, 1.82) is 0 Å². The van der Waals surface area contributed by atoms with Gasteiger partial charge in [-0.2, -0.15) is 0 Å². The van der Waals surface area contributed by atoms with Crippen LogP contribution in [0.3, 0.4) is 0 Å². The lowest BCUT2D eigenvalue weighted by molar-refractivity contribution is -0.123. The van der Waals surface area contributed by atoms with E-state index in [4.69, 9.17) is 0 Å². The van der Waals surface area contributed by atoms with Gasteiger partial charge in [0.2, 0.25) is 5.91 Å². The third-order valence-electron chi connectivity index (χ3n) is 6.92. The summed E-state index contributed by atoms with van der Waals surface area (Å²) >= 11 is 0. The number of nitrogens with one attached hydrogen (secondary N) is 1. The molecule has 2 amide bonds. The molecule has 1 saturated heterocycles. The summed E-state index contributed by atoms with van der Waals surface area (Å²) in [6.45, 7) is 13.4. The Morgan fingerprint density at radius 3 is 2.36 bits per heavy atom. The van der Waals surface area contributed by atoms with Crippen molar-refractivity contribution in [3.05, 3.63) is 64.7 Å². The smallest absolute Gasteiger partial charge is 0.254 e. The number of hydrogen-bond acceptors (Lipinski definition) is 2. The number of carbonyl (C=O) groups is 2. The van der Waals surface area contributed by atoms with Crippen LogP contribution in [0.1, 0.15) is 86.8 Å². The first-order valence-corrected chi connectivity index (χ1v) is 12.4. The van der Waals surface area contributed by atoms with Crippen LogP contribution in [0.4, 0.5) is 5.69 Å². The number of aryl methyl sites for hydroxylation is 2. The summed E-state index contributed by atoms with van der Waals surface area (Å²) < 4.78 is 0. The second kappa shape index (κ2) is 10.5. The average molecular weight is 449 g/mol. The van der Waals surface area contributed by atoms with E-state index in [1.807, 2.05) is 49.1 Å². The Labute approximate surface area is 199 Å². The van der Waals surface area contributed by atoms with Crippen molar-refractivity contribution in [2.24, 2.45) is 5.92 Å². The SMILES string of the molecule is CCCC[C@H]1[C@@H](C(=O)Nc2cccc(C(C)(C)C)c2)CCCN1C(=O)c1c(C)cccc1C. The maximum atomic E-state index is 13.7. The van der Waals surface area contributed by atoms with E-state index in [0.29, 0.717) is 6.54 Å². The summed E-state index contributed by atoms with van der Waals surface area (Å²) in [7, 11) is 0. The first kappa shape index (κ1) is 25.0. The zero-order chi connectivity index (χ0) is 24.2. The molecule has 0 aliphatic carbocycles. The molecule has 178 valence electrons. The fourth-order valence-corrected chi connectivity index (χ4v) is 4.98. The monoisotopic (exact) mass is 448 g/mol. The van der Waals surface area contributed by atoms with Crippen molar-refractivity contribution in [2.75, 3.05) is 11.9 Å². The number of nitrogens with zero attached hydrogens (tertiary/aromatic N) is 1. The largest absolute Gasteiger partial charge is 0.335 e. The highest BCUT2D eigenvalue weighted by Crippen LogP contribution is 2.32. The van der Waals surface area contributed by atoms with Crippen LogP contribution in [-0.4, -0.2) is 29.3 Å². The molecule has 1 aliphatic heterocycles. The molecular formula is C29H40N2O2. The Morgan fingerprint density at radius 1 is 1.06 bits per heavy atom. The van der Waals surface area contributed by atoms with Crippen LogP contribution >= 0.6 is 0 Å². The Kier molecular flexibility index (Phi) is 7.99. The maximum Gasteiger partial charge on any atom is 0.254 e. The molecule has 4 nitrogen and oxygen atoms in total.